The monoisotopic (exact) mass is 706 g/mol. The minimum absolute atomic E-state index is 0.0507. The molecule has 0 saturated carbocycles. The van der Waals surface area contributed by atoms with Crippen molar-refractivity contribution in [3.05, 3.63) is 12.5 Å². The lowest BCUT2D eigenvalue weighted by atomic mass is 9.87. The van der Waals surface area contributed by atoms with Crippen molar-refractivity contribution in [3.8, 4) is 0 Å². The molecule has 50 heavy (non-hydrogen) atoms. The number of carbonyl (C=O) groups excluding carboxylic acids is 2. The minimum Gasteiger partial charge on any atom is -0.479 e. The van der Waals surface area contributed by atoms with Gasteiger partial charge in [0, 0.05) is 25.9 Å². The molecule has 0 radical (unpaired) electrons. The smallest absolute Gasteiger partial charge is 0.305 e. The predicted molar refractivity (Wildman–Crippen MR) is 211 cm³/mol. The van der Waals surface area contributed by atoms with Gasteiger partial charge in [0.1, 0.15) is 0 Å². The van der Waals surface area contributed by atoms with Crippen LogP contribution in [0.1, 0.15) is 202 Å². The lowest BCUT2D eigenvalue weighted by Crippen LogP contribution is -2.22. The Labute approximate surface area is 310 Å². The van der Waals surface area contributed by atoms with Crippen LogP contribution in [0.2, 0.25) is 0 Å². The molecule has 1 aliphatic rings. The largest absolute Gasteiger partial charge is 0.479 e. The zero-order valence-corrected chi connectivity index (χ0v) is 33.9. The van der Waals surface area contributed by atoms with Crippen LogP contribution in [0.15, 0.2) is 12.5 Å². The molecule has 0 aromatic rings. The maximum atomic E-state index is 12.7. The van der Waals surface area contributed by atoms with Gasteiger partial charge in [0.25, 0.3) is 0 Å². The third-order valence-corrected chi connectivity index (χ3v) is 11.0. The third-order valence-electron chi connectivity index (χ3n) is 11.0. The van der Waals surface area contributed by atoms with E-state index in [9.17, 15) is 9.59 Å². The molecule has 2 atom stereocenters. The average molecular weight is 706 g/mol. The summed E-state index contributed by atoms with van der Waals surface area (Å²) in [4.78, 5) is 27.7. The molecule has 0 bridgehead atoms. The molecule has 1 rings (SSSR count). The molecule has 6 nitrogen and oxygen atoms in total. The highest BCUT2D eigenvalue weighted by Gasteiger charge is 2.33. The highest BCUT2D eigenvalue weighted by atomic mass is 16.5. The van der Waals surface area contributed by atoms with Gasteiger partial charge in [-0.25, -0.2) is 0 Å². The molecule has 294 valence electrons. The Hall–Kier alpha value is -1.72. The van der Waals surface area contributed by atoms with Gasteiger partial charge in [0.15, 0.2) is 5.88 Å². The van der Waals surface area contributed by atoms with Crippen LogP contribution in [-0.4, -0.2) is 49.7 Å². The van der Waals surface area contributed by atoms with Crippen LogP contribution in [-0.2, 0) is 23.8 Å². The van der Waals surface area contributed by atoms with Crippen molar-refractivity contribution in [2.75, 3.05) is 32.9 Å². The molecular formula is C44H83NO5. The maximum absolute atomic E-state index is 12.7. The summed E-state index contributed by atoms with van der Waals surface area (Å²) in [6.45, 7) is 19.1. The minimum atomic E-state index is -0.0507. The number of carbonyl (C=O) groups is 2. The van der Waals surface area contributed by atoms with Crippen LogP contribution in [0.3, 0.4) is 0 Å². The molecule has 0 amide bonds. The van der Waals surface area contributed by atoms with Gasteiger partial charge in [0.2, 0.25) is 0 Å². The first kappa shape index (κ1) is 46.3. The molecular weight excluding hydrogens is 622 g/mol. The molecule has 0 aromatic heterocycles. The van der Waals surface area contributed by atoms with Gasteiger partial charge in [0.05, 0.1) is 19.8 Å². The van der Waals surface area contributed by atoms with E-state index in [1.165, 1.54) is 103 Å². The molecule has 0 spiro atoms. The van der Waals surface area contributed by atoms with E-state index in [2.05, 4.69) is 46.1 Å². The van der Waals surface area contributed by atoms with Crippen molar-refractivity contribution in [2.45, 2.75) is 202 Å². The van der Waals surface area contributed by atoms with Gasteiger partial charge in [-0.2, -0.15) is 0 Å². The Bertz CT molecular complexity index is 755. The van der Waals surface area contributed by atoms with E-state index in [1.54, 1.807) is 0 Å². The summed E-state index contributed by atoms with van der Waals surface area (Å²) in [7, 11) is 0. The van der Waals surface area contributed by atoms with Gasteiger partial charge in [-0.05, 0) is 75.2 Å². The quantitative estimate of drug-likeness (QED) is 0.0371. The van der Waals surface area contributed by atoms with E-state index in [0.717, 1.165) is 70.3 Å². The van der Waals surface area contributed by atoms with Crippen LogP contribution in [0.4, 0.5) is 0 Å². The predicted octanol–water partition coefficient (Wildman–Crippen LogP) is 12.6. The van der Waals surface area contributed by atoms with Crippen LogP contribution in [0.5, 0.6) is 0 Å². The first-order valence-corrected chi connectivity index (χ1v) is 21.8. The third kappa shape index (κ3) is 23.7. The number of nitrogens with zero attached hydrogens (tertiary/aromatic N) is 1. The molecule has 1 saturated heterocycles. The summed E-state index contributed by atoms with van der Waals surface area (Å²) >= 11 is 0. The molecule has 1 heterocycles. The van der Waals surface area contributed by atoms with Crippen molar-refractivity contribution in [1.82, 2.24) is 4.90 Å². The van der Waals surface area contributed by atoms with Gasteiger partial charge in [-0.1, -0.05) is 144 Å². The second-order valence-corrected chi connectivity index (χ2v) is 15.5. The normalized spacial score (nSPS) is 16.0. The topological polar surface area (TPSA) is 65.1 Å². The van der Waals surface area contributed by atoms with Crippen molar-refractivity contribution in [1.29, 1.82) is 0 Å². The number of hydrogen-bond acceptors (Lipinski definition) is 6. The summed E-state index contributed by atoms with van der Waals surface area (Å²) in [5, 5.41) is 0. The summed E-state index contributed by atoms with van der Waals surface area (Å²) in [5.74, 6) is 2.94. The van der Waals surface area contributed by atoms with E-state index in [1.807, 2.05) is 0 Å². The fourth-order valence-electron chi connectivity index (χ4n) is 7.66. The van der Waals surface area contributed by atoms with Gasteiger partial charge in [-0.3, -0.25) is 9.59 Å². The summed E-state index contributed by atoms with van der Waals surface area (Å²) in [5.41, 5.74) is 0. The van der Waals surface area contributed by atoms with Crippen LogP contribution in [0, 0.1) is 23.7 Å². The summed E-state index contributed by atoms with van der Waals surface area (Å²) in [6.07, 6.45) is 29.1. The van der Waals surface area contributed by atoms with Crippen molar-refractivity contribution >= 4 is 11.9 Å². The summed E-state index contributed by atoms with van der Waals surface area (Å²) < 4.78 is 17.5. The zero-order chi connectivity index (χ0) is 36.7. The second-order valence-electron chi connectivity index (χ2n) is 15.5. The average Bonchev–Trinajstić information content (AvgIpc) is 3.51. The Morgan fingerprint density at radius 3 is 1.26 bits per heavy atom. The Morgan fingerprint density at radius 1 is 0.520 bits per heavy atom. The number of esters is 2. The standard InChI is InChI=1S/C44H83NO5/c1-7-12-17-23-39(24-18-13-8-2)31-34-49-43(46)29-21-27-41-36-45(38(6)48-33-16-11-5)37-42(41)28-22-30-44(47)50-35-32-40(25-19-14-9-3)26-20-15-10-4/h39-42H,6-37H2,1-5H3. The van der Waals surface area contributed by atoms with Crippen LogP contribution < -0.4 is 0 Å². The number of unbranched alkanes of at least 4 members (excludes halogenated alkanes) is 9. The maximum Gasteiger partial charge on any atom is 0.305 e. The number of likely N-dealkylation sites (tertiary alicyclic amines) is 1. The highest BCUT2D eigenvalue weighted by Crippen LogP contribution is 2.34. The van der Waals surface area contributed by atoms with E-state index >= 15 is 0 Å². The van der Waals surface area contributed by atoms with E-state index in [4.69, 9.17) is 14.2 Å². The first-order valence-electron chi connectivity index (χ1n) is 21.8. The lowest BCUT2D eigenvalue weighted by Gasteiger charge is -2.21. The molecule has 1 fully saturated rings. The number of rotatable bonds is 35. The van der Waals surface area contributed by atoms with E-state index in [-0.39, 0.29) is 11.9 Å². The lowest BCUT2D eigenvalue weighted by molar-refractivity contribution is -0.145. The van der Waals surface area contributed by atoms with E-state index in [0.29, 0.717) is 56.3 Å². The Morgan fingerprint density at radius 2 is 0.900 bits per heavy atom. The van der Waals surface area contributed by atoms with Gasteiger partial charge in [-0.15, -0.1) is 0 Å². The molecule has 1 aliphatic heterocycles. The Kier molecular flexibility index (Phi) is 29.6. The first-order chi connectivity index (χ1) is 24.4. The number of hydrogen-bond donors (Lipinski definition) is 0. The second kappa shape index (κ2) is 32.0. The van der Waals surface area contributed by atoms with Crippen LogP contribution >= 0.6 is 0 Å². The molecule has 6 heteroatoms. The van der Waals surface area contributed by atoms with E-state index < -0.39 is 0 Å². The van der Waals surface area contributed by atoms with Crippen molar-refractivity contribution in [2.24, 2.45) is 23.7 Å². The molecule has 0 aromatic carbocycles. The van der Waals surface area contributed by atoms with Crippen molar-refractivity contribution in [3.63, 3.8) is 0 Å². The fourth-order valence-corrected chi connectivity index (χ4v) is 7.66. The number of ether oxygens (including phenoxy) is 3. The SMILES string of the molecule is C=C(OCCCC)N1CC(CCCC(=O)OCCC(CCCCC)CCCCC)C(CCCC(=O)OCCC(CCCCC)CCCCC)C1. The van der Waals surface area contributed by atoms with Gasteiger partial charge < -0.3 is 19.1 Å². The Balaban J connectivity index is 2.53. The van der Waals surface area contributed by atoms with Crippen molar-refractivity contribution < 1.29 is 23.8 Å². The fraction of sp³-hybridized carbons (Fsp3) is 0.909. The zero-order valence-electron chi connectivity index (χ0n) is 33.9. The summed E-state index contributed by atoms with van der Waals surface area (Å²) in [6, 6.07) is 0. The highest BCUT2D eigenvalue weighted by molar-refractivity contribution is 5.69. The molecule has 0 aliphatic carbocycles. The molecule has 0 N–H and O–H groups in total. The van der Waals surface area contributed by atoms with Gasteiger partial charge >= 0.3 is 11.9 Å². The molecule has 2 unspecified atom stereocenters. The van der Waals surface area contributed by atoms with Crippen LogP contribution in [0.25, 0.3) is 0 Å².